The van der Waals surface area contributed by atoms with Crippen LogP contribution in [-0.2, 0) is 0 Å². The maximum atomic E-state index is 8.97. The molecule has 0 spiro atoms. The van der Waals surface area contributed by atoms with E-state index >= 15 is 0 Å². The number of anilines is 2. The Morgan fingerprint density at radius 2 is 1.47 bits per heavy atom. The predicted molar refractivity (Wildman–Crippen MR) is 69.6 cm³/mol. The summed E-state index contributed by atoms with van der Waals surface area (Å²) in [6.07, 6.45) is 0. The number of hydrogen-bond acceptors (Lipinski definition) is 3. The average Bonchev–Trinajstić information content (AvgIpc) is 2.39. The molecule has 2 aromatic rings. The molecule has 0 aromatic heterocycles. The van der Waals surface area contributed by atoms with Gasteiger partial charge in [0.05, 0.1) is 17.4 Å². The third-order valence-electron chi connectivity index (χ3n) is 2.76. The van der Waals surface area contributed by atoms with Crippen molar-refractivity contribution in [1.29, 1.82) is 5.26 Å². The maximum Gasteiger partial charge on any atom is 0.110 e. The summed E-state index contributed by atoms with van der Waals surface area (Å²) in [5, 5.41) is 8.97. The molecule has 0 fully saturated rings. The van der Waals surface area contributed by atoms with E-state index in [0.717, 1.165) is 11.4 Å². The first-order chi connectivity index (χ1) is 8.40. The number of benzene rings is 2. The zero-order chi connectivity index (χ0) is 11.7. The second kappa shape index (κ2) is 4.15. The van der Waals surface area contributed by atoms with Gasteiger partial charge in [0, 0.05) is 9.79 Å². The number of fused-ring (bicyclic) bond motifs is 2. The van der Waals surface area contributed by atoms with Gasteiger partial charge in [-0.15, -0.1) is 0 Å². The van der Waals surface area contributed by atoms with Gasteiger partial charge in [-0.05, 0) is 24.3 Å². The SMILES string of the molecule is N#CCN1c2ccccc2Sc2ccccc21. The highest BCUT2D eigenvalue weighted by atomic mass is 32.2. The highest BCUT2D eigenvalue weighted by Gasteiger charge is 2.21. The van der Waals surface area contributed by atoms with E-state index in [4.69, 9.17) is 5.26 Å². The van der Waals surface area contributed by atoms with Gasteiger partial charge in [-0.25, -0.2) is 0 Å². The van der Waals surface area contributed by atoms with Gasteiger partial charge in [-0.2, -0.15) is 5.26 Å². The molecular formula is C14H10N2S. The number of rotatable bonds is 1. The van der Waals surface area contributed by atoms with Crippen LogP contribution in [0, 0.1) is 11.3 Å². The van der Waals surface area contributed by atoms with Crippen LogP contribution >= 0.6 is 11.8 Å². The molecule has 1 aliphatic rings. The van der Waals surface area contributed by atoms with Crippen molar-refractivity contribution in [2.45, 2.75) is 9.79 Å². The lowest BCUT2D eigenvalue weighted by Crippen LogP contribution is -2.20. The quantitative estimate of drug-likeness (QED) is 0.707. The summed E-state index contributed by atoms with van der Waals surface area (Å²) in [6.45, 7) is 0.384. The molecular weight excluding hydrogens is 228 g/mol. The van der Waals surface area contributed by atoms with E-state index < -0.39 is 0 Å². The van der Waals surface area contributed by atoms with E-state index in [1.165, 1.54) is 9.79 Å². The van der Waals surface area contributed by atoms with Crippen LogP contribution in [0.1, 0.15) is 0 Å². The van der Waals surface area contributed by atoms with Gasteiger partial charge in [0.25, 0.3) is 0 Å². The lowest BCUT2D eigenvalue weighted by Gasteiger charge is -2.30. The van der Waals surface area contributed by atoms with Gasteiger partial charge in [0.2, 0.25) is 0 Å². The van der Waals surface area contributed by atoms with Gasteiger partial charge in [0.1, 0.15) is 6.54 Å². The standard InChI is InChI=1S/C14H10N2S/c15-9-10-16-11-5-1-3-7-13(11)17-14-8-4-2-6-12(14)16/h1-8H,10H2. The van der Waals surface area contributed by atoms with E-state index in [2.05, 4.69) is 35.2 Å². The minimum absolute atomic E-state index is 0.384. The molecule has 2 aromatic carbocycles. The first kappa shape index (κ1) is 10.2. The fourth-order valence-corrected chi connectivity index (χ4v) is 3.12. The van der Waals surface area contributed by atoms with Crippen molar-refractivity contribution < 1.29 is 0 Å². The molecule has 0 radical (unpaired) electrons. The Kier molecular flexibility index (Phi) is 2.50. The van der Waals surface area contributed by atoms with Gasteiger partial charge in [-0.3, -0.25) is 0 Å². The second-order valence-electron chi connectivity index (χ2n) is 3.78. The smallest absolute Gasteiger partial charge is 0.110 e. The molecule has 3 rings (SSSR count). The lowest BCUT2D eigenvalue weighted by molar-refractivity contribution is 1.04. The summed E-state index contributed by atoms with van der Waals surface area (Å²) in [5.74, 6) is 0. The number of nitriles is 1. The minimum atomic E-state index is 0.384. The zero-order valence-electron chi connectivity index (χ0n) is 9.13. The van der Waals surface area contributed by atoms with E-state index in [0.29, 0.717) is 6.54 Å². The normalized spacial score (nSPS) is 12.5. The van der Waals surface area contributed by atoms with Crippen LogP contribution in [0.25, 0.3) is 0 Å². The van der Waals surface area contributed by atoms with E-state index in [9.17, 15) is 0 Å². The van der Waals surface area contributed by atoms with Crippen molar-refractivity contribution in [2.75, 3.05) is 11.4 Å². The summed E-state index contributed by atoms with van der Waals surface area (Å²) < 4.78 is 0. The van der Waals surface area contributed by atoms with Crippen molar-refractivity contribution in [3.8, 4) is 6.07 Å². The van der Waals surface area contributed by atoms with Crippen molar-refractivity contribution in [3.63, 3.8) is 0 Å². The third kappa shape index (κ3) is 1.67. The molecule has 0 saturated carbocycles. The first-order valence-corrected chi connectivity index (χ1v) is 6.22. The van der Waals surface area contributed by atoms with Crippen molar-refractivity contribution in [3.05, 3.63) is 48.5 Å². The topological polar surface area (TPSA) is 27.0 Å². The van der Waals surface area contributed by atoms with Crippen LogP contribution in [0.3, 0.4) is 0 Å². The highest BCUT2D eigenvalue weighted by molar-refractivity contribution is 7.99. The Balaban J connectivity index is 2.18. The van der Waals surface area contributed by atoms with Crippen LogP contribution in [0.4, 0.5) is 11.4 Å². The Labute approximate surface area is 104 Å². The summed E-state index contributed by atoms with van der Waals surface area (Å²) in [5.41, 5.74) is 2.25. The van der Waals surface area contributed by atoms with Crippen LogP contribution in [-0.4, -0.2) is 6.54 Å². The molecule has 0 bridgehead atoms. The molecule has 17 heavy (non-hydrogen) atoms. The molecule has 0 saturated heterocycles. The molecule has 3 heteroatoms. The van der Waals surface area contributed by atoms with E-state index in [1.807, 2.05) is 24.3 Å². The third-order valence-corrected chi connectivity index (χ3v) is 3.89. The molecule has 0 aliphatic carbocycles. The summed E-state index contributed by atoms with van der Waals surface area (Å²) >= 11 is 1.76. The summed E-state index contributed by atoms with van der Waals surface area (Å²) in [7, 11) is 0. The van der Waals surface area contributed by atoms with E-state index in [-0.39, 0.29) is 0 Å². The van der Waals surface area contributed by atoms with Crippen molar-refractivity contribution in [1.82, 2.24) is 0 Å². The Morgan fingerprint density at radius 1 is 0.941 bits per heavy atom. The second-order valence-corrected chi connectivity index (χ2v) is 4.87. The van der Waals surface area contributed by atoms with Crippen LogP contribution in [0.15, 0.2) is 58.3 Å². The summed E-state index contributed by atoms with van der Waals surface area (Å²) in [4.78, 5) is 4.49. The van der Waals surface area contributed by atoms with Gasteiger partial charge < -0.3 is 4.90 Å². The highest BCUT2D eigenvalue weighted by Crippen LogP contribution is 2.47. The van der Waals surface area contributed by atoms with E-state index in [1.54, 1.807) is 11.8 Å². The Morgan fingerprint density at radius 3 is 2.00 bits per heavy atom. The minimum Gasteiger partial charge on any atom is -0.326 e. The predicted octanol–water partition coefficient (Wildman–Crippen LogP) is 3.81. The Bertz CT molecular complexity index is 556. The molecule has 82 valence electrons. The van der Waals surface area contributed by atoms with Crippen LogP contribution in [0.5, 0.6) is 0 Å². The molecule has 0 atom stereocenters. The average molecular weight is 238 g/mol. The molecule has 0 N–H and O–H groups in total. The van der Waals surface area contributed by atoms with Crippen molar-refractivity contribution >= 4 is 23.1 Å². The molecule has 1 heterocycles. The van der Waals surface area contributed by atoms with Gasteiger partial charge in [-0.1, -0.05) is 36.0 Å². The number of nitrogens with zero attached hydrogens (tertiary/aromatic N) is 2. The molecule has 0 unspecified atom stereocenters. The van der Waals surface area contributed by atoms with Crippen LogP contribution < -0.4 is 4.90 Å². The fraction of sp³-hybridized carbons (Fsp3) is 0.0714. The zero-order valence-corrected chi connectivity index (χ0v) is 9.95. The molecule has 2 nitrogen and oxygen atoms in total. The number of para-hydroxylation sites is 2. The van der Waals surface area contributed by atoms with Crippen molar-refractivity contribution in [2.24, 2.45) is 0 Å². The summed E-state index contributed by atoms with van der Waals surface area (Å²) in [6, 6.07) is 18.6. The fourth-order valence-electron chi connectivity index (χ4n) is 2.02. The lowest BCUT2D eigenvalue weighted by atomic mass is 10.2. The maximum absolute atomic E-state index is 8.97. The number of hydrogen-bond donors (Lipinski definition) is 0. The monoisotopic (exact) mass is 238 g/mol. The van der Waals surface area contributed by atoms with Crippen LogP contribution in [0.2, 0.25) is 0 Å². The largest absolute Gasteiger partial charge is 0.326 e. The first-order valence-electron chi connectivity index (χ1n) is 5.40. The van der Waals surface area contributed by atoms with Gasteiger partial charge in [0.15, 0.2) is 0 Å². The Hall–Kier alpha value is -1.92. The molecule has 0 amide bonds. The van der Waals surface area contributed by atoms with Gasteiger partial charge >= 0.3 is 0 Å². The molecule has 1 aliphatic heterocycles.